The van der Waals surface area contributed by atoms with E-state index in [1.807, 2.05) is 6.07 Å². The standard InChI is InChI=1S/C17H16O4S/c1-14(18)21-12-16(15-8-4-2-5-9-15)13-22(19,20)17-10-6-3-7-11-17/h2-11,13H,12H2,1H3/b16-13+. The quantitative estimate of drug-likeness (QED) is 0.795. The van der Waals surface area contributed by atoms with E-state index in [1.165, 1.54) is 19.1 Å². The van der Waals surface area contributed by atoms with E-state index < -0.39 is 15.8 Å². The van der Waals surface area contributed by atoms with Crippen LogP contribution in [0.25, 0.3) is 5.57 Å². The summed E-state index contributed by atoms with van der Waals surface area (Å²) in [5, 5.41) is 1.15. The Morgan fingerprint density at radius 3 is 2.09 bits per heavy atom. The Kier molecular flexibility index (Phi) is 5.12. The van der Waals surface area contributed by atoms with E-state index >= 15 is 0 Å². The number of benzene rings is 2. The molecule has 0 fully saturated rings. The van der Waals surface area contributed by atoms with E-state index in [2.05, 4.69) is 0 Å². The van der Waals surface area contributed by atoms with Crippen molar-refractivity contribution >= 4 is 21.4 Å². The van der Waals surface area contributed by atoms with Crippen LogP contribution in [0.5, 0.6) is 0 Å². The summed E-state index contributed by atoms with van der Waals surface area (Å²) >= 11 is 0. The average molecular weight is 316 g/mol. The van der Waals surface area contributed by atoms with Crippen LogP contribution in [0, 0.1) is 0 Å². The van der Waals surface area contributed by atoms with Crippen LogP contribution in [-0.4, -0.2) is 21.0 Å². The average Bonchev–Trinajstić information content (AvgIpc) is 2.53. The van der Waals surface area contributed by atoms with Gasteiger partial charge in [0, 0.05) is 17.9 Å². The van der Waals surface area contributed by atoms with Gasteiger partial charge in [0.25, 0.3) is 0 Å². The molecule has 2 aromatic rings. The summed E-state index contributed by atoms with van der Waals surface area (Å²) < 4.78 is 29.9. The molecule has 0 aliphatic heterocycles. The van der Waals surface area contributed by atoms with Gasteiger partial charge in [-0.15, -0.1) is 0 Å². The molecule has 0 saturated heterocycles. The Hall–Kier alpha value is -2.40. The largest absolute Gasteiger partial charge is 0.461 e. The number of hydrogen-bond donors (Lipinski definition) is 0. The molecular weight excluding hydrogens is 300 g/mol. The van der Waals surface area contributed by atoms with Crippen molar-refractivity contribution in [3.63, 3.8) is 0 Å². The van der Waals surface area contributed by atoms with E-state index in [0.29, 0.717) is 11.1 Å². The molecule has 2 rings (SSSR count). The summed E-state index contributed by atoms with van der Waals surface area (Å²) in [4.78, 5) is 11.2. The topological polar surface area (TPSA) is 60.4 Å². The minimum absolute atomic E-state index is 0.0919. The van der Waals surface area contributed by atoms with Crippen molar-refractivity contribution in [1.29, 1.82) is 0 Å². The Balaban J connectivity index is 2.42. The summed E-state index contributed by atoms with van der Waals surface area (Å²) in [7, 11) is -3.61. The van der Waals surface area contributed by atoms with Gasteiger partial charge in [0.15, 0.2) is 9.84 Å². The molecule has 0 aliphatic rings. The first-order chi connectivity index (χ1) is 10.5. The zero-order valence-electron chi connectivity index (χ0n) is 12.1. The smallest absolute Gasteiger partial charge is 0.302 e. The number of rotatable bonds is 5. The summed E-state index contributed by atoms with van der Waals surface area (Å²) in [5.41, 5.74) is 1.13. The molecule has 0 radical (unpaired) electrons. The fourth-order valence-electron chi connectivity index (χ4n) is 1.88. The molecule has 5 heteroatoms. The van der Waals surface area contributed by atoms with Gasteiger partial charge >= 0.3 is 5.97 Å². The maximum Gasteiger partial charge on any atom is 0.302 e. The molecule has 0 spiro atoms. The van der Waals surface area contributed by atoms with Crippen LogP contribution in [0.3, 0.4) is 0 Å². The first-order valence-corrected chi connectivity index (χ1v) is 8.23. The predicted octanol–water partition coefficient (Wildman–Crippen LogP) is 3.06. The number of hydrogen-bond acceptors (Lipinski definition) is 4. The van der Waals surface area contributed by atoms with Gasteiger partial charge in [0.05, 0.1) is 4.90 Å². The first-order valence-electron chi connectivity index (χ1n) is 6.68. The van der Waals surface area contributed by atoms with Crippen molar-refractivity contribution in [2.75, 3.05) is 6.61 Å². The van der Waals surface area contributed by atoms with Crippen molar-refractivity contribution < 1.29 is 17.9 Å². The van der Waals surface area contributed by atoms with Gasteiger partial charge in [-0.3, -0.25) is 4.79 Å². The molecule has 0 saturated carbocycles. The van der Waals surface area contributed by atoms with Gasteiger partial charge in [0.2, 0.25) is 0 Å². The monoisotopic (exact) mass is 316 g/mol. The molecule has 0 aromatic heterocycles. The van der Waals surface area contributed by atoms with Crippen LogP contribution in [0.1, 0.15) is 12.5 Å². The summed E-state index contributed by atoms with van der Waals surface area (Å²) in [6.07, 6.45) is 0. The van der Waals surface area contributed by atoms with Crippen molar-refractivity contribution in [2.45, 2.75) is 11.8 Å². The van der Waals surface area contributed by atoms with Gasteiger partial charge in [-0.25, -0.2) is 8.42 Å². The lowest BCUT2D eigenvalue weighted by atomic mass is 10.1. The third-order valence-corrected chi connectivity index (χ3v) is 4.47. The van der Waals surface area contributed by atoms with E-state index in [4.69, 9.17) is 4.74 Å². The van der Waals surface area contributed by atoms with Crippen LogP contribution in [0.2, 0.25) is 0 Å². The molecule has 0 unspecified atom stereocenters. The van der Waals surface area contributed by atoms with Crippen LogP contribution in [0.4, 0.5) is 0 Å². The molecule has 0 amide bonds. The molecule has 2 aromatic carbocycles. The van der Waals surface area contributed by atoms with Crippen LogP contribution in [-0.2, 0) is 19.4 Å². The van der Waals surface area contributed by atoms with Crippen molar-refractivity contribution in [3.8, 4) is 0 Å². The molecule has 114 valence electrons. The Labute approximate surface area is 130 Å². The minimum Gasteiger partial charge on any atom is -0.461 e. The number of sulfone groups is 1. The first kappa shape index (κ1) is 16.0. The predicted molar refractivity (Wildman–Crippen MR) is 84.7 cm³/mol. The second-order valence-corrected chi connectivity index (χ2v) is 6.44. The number of ether oxygens (including phenoxy) is 1. The Bertz CT molecular complexity index is 763. The van der Waals surface area contributed by atoms with Crippen LogP contribution < -0.4 is 0 Å². The second kappa shape index (κ2) is 7.04. The van der Waals surface area contributed by atoms with Gasteiger partial charge in [0.1, 0.15) is 6.61 Å². The fourth-order valence-corrected chi connectivity index (χ4v) is 3.13. The Morgan fingerprint density at radius 2 is 1.55 bits per heavy atom. The summed E-state index contributed by atoms with van der Waals surface area (Å²) in [6, 6.07) is 17.1. The third-order valence-electron chi connectivity index (χ3n) is 2.94. The highest BCUT2D eigenvalue weighted by atomic mass is 32.2. The minimum atomic E-state index is -3.61. The highest BCUT2D eigenvalue weighted by Crippen LogP contribution is 2.20. The fraction of sp³-hybridized carbons (Fsp3) is 0.118. The van der Waals surface area contributed by atoms with E-state index in [-0.39, 0.29) is 11.5 Å². The van der Waals surface area contributed by atoms with E-state index in [0.717, 1.165) is 5.41 Å². The van der Waals surface area contributed by atoms with Crippen molar-refractivity contribution in [3.05, 3.63) is 71.6 Å². The molecule has 22 heavy (non-hydrogen) atoms. The van der Waals surface area contributed by atoms with Crippen molar-refractivity contribution in [1.82, 2.24) is 0 Å². The number of carbonyl (C=O) groups excluding carboxylic acids is 1. The van der Waals surface area contributed by atoms with E-state index in [9.17, 15) is 13.2 Å². The second-order valence-electron chi connectivity index (χ2n) is 4.65. The highest BCUT2D eigenvalue weighted by Gasteiger charge is 2.14. The molecule has 0 N–H and O–H groups in total. The number of carbonyl (C=O) groups is 1. The molecular formula is C17H16O4S. The SMILES string of the molecule is CC(=O)OC/C(=C\S(=O)(=O)c1ccccc1)c1ccccc1. The van der Waals surface area contributed by atoms with Gasteiger partial charge in [-0.05, 0) is 17.7 Å². The lowest BCUT2D eigenvalue weighted by Crippen LogP contribution is -2.05. The van der Waals surface area contributed by atoms with Gasteiger partial charge < -0.3 is 4.74 Å². The molecule has 0 aliphatic carbocycles. The zero-order chi connectivity index (χ0) is 16.0. The lowest BCUT2D eigenvalue weighted by Gasteiger charge is -2.09. The van der Waals surface area contributed by atoms with Gasteiger partial charge in [-0.2, -0.15) is 0 Å². The maximum absolute atomic E-state index is 12.4. The molecule has 0 heterocycles. The lowest BCUT2D eigenvalue weighted by molar-refractivity contribution is -0.139. The maximum atomic E-state index is 12.4. The number of esters is 1. The normalized spacial score (nSPS) is 12.0. The third kappa shape index (κ3) is 4.30. The van der Waals surface area contributed by atoms with Crippen LogP contribution >= 0.6 is 0 Å². The highest BCUT2D eigenvalue weighted by molar-refractivity contribution is 7.94. The molecule has 4 nitrogen and oxygen atoms in total. The Morgan fingerprint density at radius 1 is 1.00 bits per heavy atom. The zero-order valence-corrected chi connectivity index (χ0v) is 12.9. The van der Waals surface area contributed by atoms with Crippen molar-refractivity contribution in [2.24, 2.45) is 0 Å². The summed E-state index contributed by atoms with van der Waals surface area (Å²) in [5.74, 6) is -0.459. The summed E-state index contributed by atoms with van der Waals surface area (Å²) in [6.45, 7) is 1.19. The van der Waals surface area contributed by atoms with Gasteiger partial charge in [-0.1, -0.05) is 48.5 Å². The van der Waals surface area contributed by atoms with E-state index in [1.54, 1.807) is 42.5 Å². The molecule has 0 bridgehead atoms. The molecule has 0 atom stereocenters. The van der Waals surface area contributed by atoms with Crippen LogP contribution in [0.15, 0.2) is 71.0 Å².